The van der Waals surface area contributed by atoms with Crippen molar-refractivity contribution in [2.45, 2.75) is 11.9 Å². The smallest absolute Gasteiger partial charge is 0.141 e. The summed E-state index contributed by atoms with van der Waals surface area (Å²) in [5.74, 6) is 1.97. The second kappa shape index (κ2) is 6.43. The lowest BCUT2D eigenvalue weighted by Crippen LogP contribution is -1.97. The second-order valence-corrected chi connectivity index (χ2v) is 5.22. The summed E-state index contributed by atoms with van der Waals surface area (Å²) in [7, 11) is 3.83. The van der Waals surface area contributed by atoms with Crippen LogP contribution in [0.3, 0.4) is 0 Å². The molecule has 2 rings (SSSR count). The molecule has 19 heavy (non-hydrogen) atoms. The van der Waals surface area contributed by atoms with Crippen LogP contribution >= 0.6 is 11.8 Å². The minimum atomic E-state index is 0.905. The van der Waals surface area contributed by atoms with Crippen LogP contribution in [-0.2, 0) is 7.05 Å². The Kier molecular flexibility index (Phi) is 4.63. The van der Waals surface area contributed by atoms with E-state index in [4.69, 9.17) is 0 Å². The molecule has 0 radical (unpaired) electrons. The highest BCUT2D eigenvalue weighted by Crippen LogP contribution is 2.27. The topological polar surface area (TPSA) is 42.2 Å². The maximum Gasteiger partial charge on any atom is 0.141 e. The fraction of sp³-hybridized carbons (Fsp3) is 0.286. The molecule has 1 N–H and O–H groups in total. The Labute approximate surface area is 117 Å². The van der Waals surface area contributed by atoms with Crippen molar-refractivity contribution >= 4 is 18.0 Å². The predicted molar refractivity (Wildman–Crippen MR) is 81.7 cm³/mol. The average molecular weight is 274 g/mol. The Hall–Kier alpha value is -1.75. The van der Waals surface area contributed by atoms with Gasteiger partial charge >= 0.3 is 0 Å². The highest BCUT2D eigenvalue weighted by molar-refractivity contribution is 7.99. The molecule has 0 unspecified atom stereocenters. The summed E-state index contributed by atoms with van der Waals surface area (Å²) < 4.78 is 2.13. The largest absolute Gasteiger partial charge is 0.322 e. The summed E-state index contributed by atoms with van der Waals surface area (Å²) in [6, 6.07) is 10.2. The standard InChI is InChI=1S/C14H18N4S/c1-4-19-14-12(10-16-15-2)17-13(18(14)3)11-8-6-5-7-9-11/h5-10,15H,4H2,1-3H3/b16-10+. The molecule has 1 aromatic carbocycles. The molecule has 1 aromatic heterocycles. The number of hydrogen-bond donors (Lipinski definition) is 1. The van der Waals surface area contributed by atoms with Gasteiger partial charge < -0.3 is 9.99 Å². The predicted octanol–water partition coefficient (Wildman–Crippen LogP) is 2.75. The molecule has 0 fully saturated rings. The lowest BCUT2D eigenvalue weighted by molar-refractivity contribution is 0.832. The van der Waals surface area contributed by atoms with Crippen molar-refractivity contribution in [1.29, 1.82) is 0 Å². The molecule has 2 aromatic rings. The van der Waals surface area contributed by atoms with Crippen molar-refractivity contribution in [3.63, 3.8) is 0 Å². The molecule has 100 valence electrons. The van der Waals surface area contributed by atoms with Crippen molar-refractivity contribution in [3.05, 3.63) is 36.0 Å². The summed E-state index contributed by atoms with van der Waals surface area (Å²) in [4.78, 5) is 4.69. The highest BCUT2D eigenvalue weighted by atomic mass is 32.2. The van der Waals surface area contributed by atoms with Gasteiger partial charge in [0.05, 0.1) is 6.21 Å². The summed E-state index contributed by atoms with van der Waals surface area (Å²) in [6.45, 7) is 2.14. The van der Waals surface area contributed by atoms with E-state index in [0.717, 1.165) is 27.9 Å². The molecule has 0 spiro atoms. The Morgan fingerprint density at radius 1 is 1.37 bits per heavy atom. The van der Waals surface area contributed by atoms with Gasteiger partial charge in [-0.2, -0.15) is 5.10 Å². The number of nitrogens with one attached hydrogen (secondary N) is 1. The van der Waals surface area contributed by atoms with Gasteiger partial charge in [0, 0.05) is 19.7 Å². The van der Waals surface area contributed by atoms with Gasteiger partial charge in [0.1, 0.15) is 16.5 Å². The number of nitrogens with zero attached hydrogens (tertiary/aromatic N) is 3. The fourth-order valence-electron chi connectivity index (χ4n) is 1.87. The first-order valence-electron chi connectivity index (χ1n) is 6.22. The number of aromatic nitrogens is 2. The Bertz CT molecular complexity index is 560. The third-order valence-corrected chi connectivity index (χ3v) is 3.74. The summed E-state index contributed by atoms with van der Waals surface area (Å²) in [6.07, 6.45) is 1.77. The molecule has 0 aliphatic heterocycles. The summed E-state index contributed by atoms with van der Waals surface area (Å²) in [5.41, 5.74) is 4.79. The summed E-state index contributed by atoms with van der Waals surface area (Å²) in [5, 5.41) is 5.21. The van der Waals surface area contributed by atoms with E-state index in [1.54, 1.807) is 25.0 Å². The van der Waals surface area contributed by atoms with E-state index in [1.165, 1.54) is 0 Å². The molecule has 0 amide bonds. The third kappa shape index (κ3) is 2.98. The van der Waals surface area contributed by atoms with Crippen LogP contribution in [-0.4, -0.2) is 28.6 Å². The van der Waals surface area contributed by atoms with Crippen LogP contribution < -0.4 is 5.43 Å². The molecule has 0 aliphatic rings. The maximum atomic E-state index is 4.69. The molecule has 1 heterocycles. The highest BCUT2D eigenvalue weighted by Gasteiger charge is 2.14. The molecule has 0 saturated heterocycles. The number of rotatable bonds is 5. The first kappa shape index (κ1) is 13.7. The van der Waals surface area contributed by atoms with E-state index in [9.17, 15) is 0 Å². The first-order valence-corrected chi connectivity index (χ1v) is 7.21. The van der Waals surface area contributed by atoms with E-state index in [-0.39, 0.29) is 0 Å². The zero-order valence-electron chi connectivity index (χ0n) is 11.4. The van der Waals surface area contributed by atoms with E-state index in [1.807, 2.05) is 25.2 Å². The van der Waals surface area contributed by atoms with Gasteiger partial charge in [0.15, 0.2) is 0 Å². The monoisotopic (exact) mass is 274 g/mol. The van der Waals surface area contributed by atoms with Crippen molar-refractivity contribution in [3.8, 4) is 11.4 Å². The van der Waals surface area contributed by atoms with E-state index < -0.39 is 0 Å². The van der Waals surface area contributed by atoms with Gasteiger partial charge in [-0.25, -0.2) is 4.98 Å². The maximum absolute atomic E-state index is 4.69. The van der Waals surface area contributed by atoms with Crippen molar-refractivity contribution < 1.29 is 0 Å². The lowest BCUT2D eigenvalue weighted by Gasteiger charge is -2.04. The second-order valence-electron chi connectivity index (χ2n) is 3.97. The molecule has 5 heteroatoms. The SMILES string of the molecule is CCSc1c(/C=N/NC)nc(-c2ccccc2)n1C. The van der Waals surface area contributed by atoms with Crippen LogP contribution in [0.5, 0.6) is 0 Å². The molecular formula is C14H18N4S. The number of hydrogen-bond acceptors (Lipinski definition) is 4. The van der Waals surface area contributed by atoms with Gasteiger partial charge in [-0.1, -0.05) is 37.3 Å². The lowest BCUT2D eigenvalue weighted by atomic mass is 10.2. The van der Waals surface area contributed by atoms with Gasteiger partial charge in [0.25, 0.3) is 0 Å². The van der Waals surface area contributed by atoms with Gasteiger partial charge in [-0.15, -0.1) is 11.8 Å². The summed E-state index contributed by atoms with van der Waals surface area (Å²) >= 11 is 1.78. The van der Waals surface area contributed by atoms with Crippen LogP contribution in [0.15, 0.2) is 40.5 Å². The molecule has 0 aliphatic carbocycles. The molecule has 0 atom stereocenters. The number of thioether (sulfide) groups is 1. The van der Waals surface area contributed by atoms with Gasteiger partial charge in [-0.3, -0.25) is 0 Å². The zero-order valence-corrected chi connectivity index (χ0v) is 12.2. The number of hydrazone groups is 1. The molecule has 0 bridgehead atoms. The third-order valence-electron chi connectivity index (χ3n) is 2.70. The van der Waals surface area contributed by atoms with Crippen LogP contribution in [0, 0.1) is 0 Å². The molecule has 4 nitrogen and oxygen atoms in total. The number of imidazole rings is 1. The Balaban J connectivity index is 2.48. The van der Waals surface area contributed by atoms with Gasteiger partial charge in [-0.05, 0) is 5.75 Å². The first-order chi connectivity index (χ1) is 9.27. The van der Waals surface area contributed by atoms with Crippen LogP contribution in [0.4, 0.5) is 0 Å². The minimum absolute atomic E-state index is 0.905. The molecular weight excluding hydrogens is 256 g/mol. The van der Waals surface area contributed by atoms with Crippen LogP contribution in [0.2, 0.25) is 0 Å². The normalized spacial score (nSPS) is 11.1. The quantitative estimate of drug-likeness (QED) is 0.518. The molecule has 0 saturated carbocycles. The van der Waals surface area contributed by atoms with Crippen molar-refractivity contribution in [2.75, 3.05) is 12.8 Å². The average Bonchev–Trinajstić information content (AvgIpc) is 2.75. The van der Waals surface area contributed by atoms with Crippen LogP contribution in [0.25, 0.3) is 11.4 Å². The Morgan fingerprint density at radius 2 is 2.11 bits per heavy atom. The van der Waals surface area contributed by atoms with Crippen molar-refractivity contribution in [1.82, 2.24) is 15.0 Å². The number of benzene rings is 1. The van der Waals surface area contributed by atoms with E-state index in [0.29, 0.717) is 0 Å². The van der Waals surface area contributed by atoms with E-state index in [2.05, 4.69) is 39.1 Å². The van der Waals surface area contributed by atoms with Gasteiger partial charge in [0.2, 0.25) is 0 Å². The Morgan fingerprint density at radius 3 is 2.74 bits per heavy atom. The van der Waals surface area contributed by atoms with Crippen LogP contribution in [0.1, 0.15) is 12.6 Å². The minimum Gasteiger partial charge on any atom is -0.322 e. The van der Waals surface area contributed by atoms with Crippen molar-refractivity contribution in [2.24, 2.45) is 12.1 Å². The van der Waals surface area contributed by atoms with E-state index >= 15 is 0 Å². The zero-order chi connectivity index (χ0) is 13.7. The fourth-order valence-corrected chi connectivity index (χ4v) is 2.67.